The Labute approximate surface area is 111 Å². The van der Waals surface area contributed by atoms with Gasteiger partial charge in [0.2, 0.25) is 0 Å². The van der Waals surface area contributed by atoms with Crippen LogP contribution in [0, 0.1) is 15.9 Å². The molecule has 1 atom stereocenters. The van der Waals surface area contributed by atoms with Gasteiger partial charge in [0.25, 0.3) is 0 Å². The van der Waals surface area contributed by atoms with Crippen LogP contribution in [0.25, 0.3) is 0 Å². The fourth-order valence-corrected chi connectivity index (χ4v) is 2.69. The minimum atomic E-state index is -1.25. The van der Waals surface area contributed by atoms with E-state index in [9.17, 15) is 0 Å². The summed E-state index contributed by atoms with van der Waals surface area (Å²) in [6.45, 7) is 1.97. The van der Waals surface area contributed by atoms with Crippen LogP contribution in [0.5, 0.6) is 0 Å². The molecule has 0 bridgehead atoms. The molecular formula is C13H17N4O2-. The molecule has 1 aromatic carbocycles. The number of rotatable bonds is 1. The van der Waals surface area contributed by atoms with Crippen molar-refractivity contribution in [2.24, 2.45) is 4.99 Å². The number of hydrogen-bond acceptors (Lipinski definition) is 5. The molecule has 0 fully saturated rings. The van der Waals surface area contributed by atoms with Gasteiger partial charge in [-0.1, -0.05) is 29.3 Å². The van der Waals surface area contributed by atoms with Crippen LogP contribution in [-0.2, 0) is 6.42 Å². The number of aryl methyl sites for hydroxylation is 1. The van der Waals surface area contributed by atoms with Gasteiger partial charge in [-0.3, -0.25) is 4.99 Å². The Bertz CT molecular complexity index is 483. The van der Waals surface area contributed by atoms with E-state index in [1.165, 1.54) is 36.2 Å². The van der Waals surface area contributed by atoms with E-state index >= 15 is 0 Å². The Hall–Kier alpha value is -2.11. The highest BCUT2D eigenvalue weighted by atomic mass is 16.8. The first-order chi connectivity index (χ1) is 9.18. The lowest BCUT2D eigenvalue weighted by molar-refractivity contribution is -0.482. The van der Waals surface area contributed by atoms with Crippen molar-refractivity contribution in [1.29, 1.82) is 5.53 Å². The predicted molar refractivity (Wildman–Crippen MR) is 72.1 cm³/mol. The zero-order valence-electron chi connectivity index (χ0n) is 10.6. The van der Waals surface area contributed by atoms with Crippen LogP contribution < -0.4 is 5.32 Å². The highest BCUT2D eigenvalue weighted by Gasteiger charge is 2.25. The second-order valence-electron chi connectivity index (χ2n) is 4.59. The molecule has 19 heavy (non-hydrogen) atoms. The molecule has 1 heterocycles. The average molecular weight is 261 g/mol. The summed E-state index contributed by atoms with van der Waals surface area (Å²) >= 11 is 0. The van der Waals surface area contributed by atoms with Crippen LogP contribution in [0.4, 0.5) is 0 Å². The van der Waals surface area contributed by atoms with E-state index in [4.69, 9.17) is 15.9 Å². The molecule has 1 aromatic rings. The third kappa shape index (κ3) is 3.43. The Morgan fingerprint density at radius 1 is 1.32 bits per heavy atom. The molecular weight excluding hydrogens is 244 g/mol. The molecule has 1 aliphatic carbocycles. The van der Waals surface area contributed by atoms with Gasteiger partial charge in [-0.25, -0.2) is 0 Å². The van der Waals surface area contributed by atoms with Gasteiger partial charge in [0, 0.05) is 12.5 Å². The number of benzene rings is 1. The topological polar surface area (TPSA) is 97.4 Å². The largest absolute Gasteiger partial charge is 0.588 e. The first kappa shape index (κ1) is 13.3. The molecule has 0 radical (unpaired) electrons. The summed E-state index contributed by atoms with van der Waals surface area (Å²) < 4.78 is 0. The van der Waals surface area contributed by atoms with E-state index in [0.29, 0.717) is 5.92 Å². The second-order valence-corrected chi connectivity index (χ2v) is 4.59. The molecule has 0 amide bonds. The summed E-state index contributed by atoms with van der Waals surface area (Å²) in [4.78, 5) is 4.56. The number of nitrogens with one attached hydrogen (secondary N) is 2. The van der Waals surface area contributed by atoms with Crippen molar-refractivity contribution in [2.75, 3.05) is 13.1 Å². The Balaban J connectivity index is 0.000000297. The zero-order valence-corrected chi connectivity index (χ0v) is 10.6. The molecule has 1 unspecified atom stereocenters. The van der Waals surface area contributed by atoms with Crippen molar-refractivity contribution < 1.29 is 5.02 Å². The summed E-state index contributed by atoms with van der Waals surface area (Å²) in [7, 11) is 0. The maximum Gasteiger partial charge on any atom is 0.104 e. The third-order valence-electron chi connectivity index (χ3n) is 3.40. The van der Waals surface area contributed by atoms with E-state index in [1.807, 2.05) is 0 Å². The second kappa shape index (κ2) is 6.17. The molecule has 0 saturated carbocycles. The van der Waals surface area contributed by atoms with Crippen LogP contribution in [0.15, 0.2) is 29.3 Å². The first-order valence-electron chi connectivity index (χ1n) is 6.40. The van der Waals surface area contributed by atoms with E-state index in [-0.39, 0.29) is 0 Å². The standard InChI is InChI=1S/C13H16N2.HN2O2/c1-2-6-11-10(4-1)5-3-7-12(11)13-14-8-9-15-13;1-2(3)4/h1-2,4,6,12H,3,5,7-9H2,(H,14,15);(H-,1,3,4)/q;-1. The van der Waals surface area contributed by atoms with Gasteiger partial charge in [-0.15, -0.1) is 0 Å². The first-order valence-corrected chi connectivity index (χ1v) is 6.40. The van der Waals surface area contributed by atoms with Crippen LogP contribution in [-0.4, -0.2) is 23.9 Å². The molecule has 2 aliphatic rings. The van der Waals surface area contributed by atoms with Crippen LogP contribution >= 0.6 is 0 Å². The summed E-state index contributed by atoms with van der Waals surface area (Å²) in [5.41, 5.74) is 8.32. The molecule has 3 rings (SSSR count). The normalized spacial score (nSPS) is 20.4. The molecule has 6 nitrogen and oxygen atoms in total. The average Bonchev–Trinajstić information content (AvgIpc) is 2.91. The SMILES string of the molecule is N=[N+]([O-])[O-].c1ccc2c(c1)CCCC2C1=NCCN1. The Morgan fingerprint density at radius 3 is 2.74 bits per heavy atom. The summed E-state index contributed by atoms with van der Waals surface area (Å²) in [5.74, 6) is 1.76. The molecule has 0 aromatic heterocycles. The van der Waals surface area contributed by atoms with E-state index in [0.717, 1.165) is 13.1 Å². The molecule has 0 saturated heterocycles. The van der Waals surface area contributed by atoms with Crippen molar-refractivity contribution in [2.45, 2.75) is 25.2 Å². The highest BCUT2D eigenvalue weighted by molar-refractivity contribution is 5.90. The van der Waals surface area contributed by atoms with E-state index < -0.39 is 5.02 Å². The lowest BCUT2D eigenvalue weighted by Crippen LogP contribution is -2.28. The maximum absolute atomic E-state index is 8.47. The van der Waals surface area contributed by atoms with Gasteiger partial charge in [0.1, 0.15) is 5.84 Å². The van der Waals surface area contributed by atoms with Crippen molar-refractivity contribution in [3.63, 3.8) is 0 Å². The minimum absolute atomic E-state index is 0.539. The van der Waals surface area contributed by atoms with Crippen molar-refractivity contribution in [1.82, 2.24) is 5.32 Å². The number of amidine groups is 1. The summed E-state index contributed by atoms with van der Waals surface area (Å²) in [6.07, 6.45) is 3.78. The maximum atomic E-state index is 8.47. The summed E-state index contributed by atoms with van der Waals surface area (Å²) in [5, 5.41) is 19.1. The molecule has 0 spiro atoms. The quantitative estimate of drug-likeness (QED) is 0.598. The van der Waals surface area contributed by atoms with Gasteiger partial charge in [-0.2, -0.15) is 0 Å². The van der Waals surface area contributed by atoms with Crippen LogP contribution in [0.1, 0.15) is 29.9 Å². The minimum Gasteiger partial charge on any atom is -0.588 e. The number of hydrogen-bond donors (Lipinski definition) is 2. The Morgan fingerprint density at radius 2 is 2.05 bits per heavy atom. The zero-order chi connectivity index (χ0) is 13.7. The monoisotopic (exact) mass is 261 g/mol. The van der Waals surface area contributed by atoms with Crippen LogP contribution in [0.3, 0.4) is 0 Å². The number of nitrogens with zero attached hydrogens (tertiary/aromatic N) is 2. The van der Waals surface area contributed by atoms with Crippen LogP contribution in [0.2, 0.25) is 0 Å². The van der Waals surface area contributed by atoms with E-state index in [1.54, 1.807) is 0 Å². The fourth-order valence-electron chi connectivity index (χ4n) is 2.69. The molecule has 2 N–H and O–H groups in total. The smallest absolute Gasteiger partial charge is 0.104 e. The van der Waals surface area contributed by atoms with Crippen molar-refractivity contribution in [3.05, 3.63) is 45.8 Å². The van der Waals surface area contributed by atoms with Gasteiger partial charge < -0.3 is 15.7 Å². The predicted octanol–water partition coefficient (Wildman–Crippen LogP) is 2.13. The lowest BCUT2D eigenvalue weighted by atomic mass is 9.82. The van der Waals surface area contributed by atoms with E-state index in [2.05, 4.69) is 34.6 Å². The third-order valence-corrected chi connectivity index (χ3v) is 3.40. The van der Waals surface area contributed by atoms with Crippen molar-refractivity contribution >= 4 is 5.84 Å². The van der Waals surface area contributed by atoms with Gasteiger partial charge >= 0.3 is 0 Å². The molecule has 102 valence electrons. The van der Waals surface area contributed by atoms with Gasteiger partial charge in [-0.05, 0) is 35.9 Å². The lowest BCUT2D eigenvalue weighted by Gasteiger charge is -2.25. The molecule has 6 heteroatoms. The fraction of sp³-hybridized carbons (Fsp3) is 0.462. The number of aliphatic imine (C=N–C) groups is 1. The van der Waals surface area contributed by atoms with Gasteiger partial charge in [0.15, 0.2) is 0 Å². The highest BCUT2D eigenvalue weighted by Crippen LogP contribution is 2.32. The van der Waals surface area contributed by atoms with Gasteiger partial charge in [0.05, 0.1) is 6.54 Å². The van der Waals surface area contributed by atoms with Crippen molar-refractivity contribution in [3.8, 4) is 0 Å². The Kier molecular flexibility index (Phi) is 4.33. The number of fused-ring (bicyclic) bond motifs is 1. The molecule has 1 aliphatic heterocycles. The summed E-state index contributed by atoms with van der Waals surface area (Å²) in [6, 6.07) is 8.82.